The quantitative estimate of drug-likeness (QED) is 0.881. The van der Waals surface area contributed by atoms with Crippen LogP contribution in [0.1, 0.15) is 38.4 Å². The molecular formula is C12H23ClN4. The highest BCUT2D eigenvalue weighted by atomic mass is 35.5. The lowest BCUT2D eigenvalue weighted by Crippen LogP contribution is -2.52. The smallest absolute Gasteiger partial charge is 0.0834 e. The first-order chi connectivity index (χ1) is 7.90. The van der Waals surface area contributed by atoms with Crippen LogP contribution in [0, 0.1) is 0 Å². The number of rotatable bonds is 5. The fourth-order valence-electron chi connectivity index (χ4n) is 2.62. The van der Waals surface area contributed by atoms with Crippen LogP contribution < -0.4 is 5.73 Å². The van der Waals surface area contributed by atoms with E-state index in [0.29, 0.717) is 5.02 Å². The maximum absolute atomic E-state index is 6.46. The summed E-state index contributed by atoms with van der Waals surface area (Å²) < 4.78 is 1.77. The number of likely N-dealkylation sites (N-methyl/N-ethyl adjacent to an activating group) is 1. The molecule has 0 spiro atoms. The Morgan fingerprint density at radius 1 is 1.47 bits per heavy atom. The number of aromatic nitrogens is 2. The number of nitrogens with two attached hydrogens (primary N) is 1. The van der Waals surface area contributed by atoms with Gasteiger partial charge < -0.3 is 10.6 Å². The molecule has 1 rings (SSSR count). The zero-order valence-electron chi connectivity index (χ0n) is 11.4. The van der Waals surface area contributed by atoms with Crippen LogP contribution in [0.15, 0.2) is 6.20 Å². The molecule has 1 aromatic heterocycles. The third-order valence-corrected chi connectivity index (χ3v) is 4.22. The lowest BCUT2D eigenvalue weighted by Gasteiger charge is -2.43. The van der Waals surface area contributed by atoms with Crippen molar-refractivity contribution in [2.45, 2.75) is 38.3 Å². The average Bonchev–Trinajstić information content (AvgIpc) is 2.60. The maximum Gasteiger partial charge on any atom is 0.0834 e. The van der Waals surface area contributed by atoms with E-state index in [0.717, 1.165) is 18.5 Å². The van der Waals surface area contributed by atoms with Gasteiger partial charge in [-0.3, -0.25) is 4.68 Å². The van der Waals surface area contributed by atoms with Gasteiger partial charge in [-0.15, -0.1) is 0 Å². The van der Waals surface area contributed by atoms with E-state index in [2.05, 4.69) is 37.9 Å². The van der Waals surface area contributed by atoms with E-state index >= 15 is 0 Å². The minimum atomic E-state index is -0.146. The summed E-state index contributed by atoms with van der Waals surface area (Å²) in [7, 11) is 6.01. The van der Waals surface area contributed by atoms with E-state index in [1.54, 1.807) is 10.9 Å². The standard InChI is InChI=1S/C12H23ClN4/c1-6-12(7-2,16(3)4)11(14)10-9(13)8-15-17(10)5/h8,11H,6-7,14H2,1-5H3. The van der Waals surface area contributed by atoms with Gasteiger partial charge in [-0.25, -0.2) is 0 Å². The molecule has 1 unspecified atom stereocenters. The summed E-state index contributed by atoms with van der Waals surface area (Å²) >= 11 is 6.18. The Morgan fingerprint density at radius 3 is 2.29 bits per heavy atom. The molecule has 1 aromatic rings. The molecule has 17 heavy (non-hydrogen) atoms. The van der Waals surface area contributed by atoms with Crippen molar-refractivity contribution in [2.75, 3.05) is 14.1 Å². The summed E-state index contributed by atoms with van der Waals surface area (Å²) in [6.45, 7) is 4.32. The van der Waals surface area contributed by atoms with Crippen molar-refractivity contribution in [1.29, 1.82) is 0 Å². The second kappa shape index (κ2) is 5.38. The third-order valence-electron chi connectivity index (χ3n) is 3.93. The zero-order chi connectivity index (χ0) is 13.2. The SMILES string of the molecule is CCC(CC)(C(N)c1c(Cl)cnn1C)N(C)C. The zero-order valence-corrected chi connectivity index (χ0v) is 12.1. The van der Waals surface area contributed by atoms with Gasteiger partial charge in [-0.2, -0.15) is 5.10 Å². The van der Waals surface area contributed by atoms with Crippen LogP contribution in [-0.4, -0.2) is 34.3 Å². The lowest BCUT2D eigenvalue weighted by molar-refractivity contribution is 0.102. The summed E-state index contributed by atoms with van der Waals surface area (Å²) in [6, 6.07) is -0.146. The highest BCUT2D eigenvalue weighted by molar-refractivity contribution is 6.31. The van der Waals surface area contributed by atoms with Crippen molar-refractivity contribution in [3.63, 3.8) is 0 Å². The first-order valence-electron chi connectivity index (χ1n) is 6.01. The molecule has 0 aliphatic carbocycles. The Bertz CT molecular complexity index is 349. The van der Waals surface area contributed by atoms with E-state index in [-0.39, 0.29) is 11.6 Å². The molecule has 0 aliphatic heterocycles. The van der Waals surface area contributed by atoms with Crippen molar-refractivity contribution >= 4 is 11.6 Å². The number of halogens is 1. The molecule has 0 aliphatic rings. The molecule has 0 saturated carbocycles. The molecular weight excluding hydrogens is 236 g/mol. The van der Waals surface area contributed by atoms with Gasteiger partial charge in [0.1, 0.15) is 0 Å². The van der Waals surface area contributed by atoms with Crippen LogP contribution in [-0.2, 0) is 7.05 Å². The van der Waals surface area contributed by atoms with Crippen molar-refractivity contribution in [3.8, 4) is 0 Å². The normalized spacial score (nSPS) is 14.4. The number of nitrogens with zero attached hydrogens (tertiary/aromatic N) is 3. The van der Waals surface area contributed by atoms with Crippen molar-refractivity contribution < 1.29 is 0 Å². The maximum atomic E-state index is 6.46. The predicted molar refractivity (Wildman–Crippen MR) is 72.1 cm³/mol. The minimum Gasteiger partial charge on any atom is -0.321 e. The highest BCUT2D eigenvalue weighted by Crippen LogP contribution is 2.36. The van der Waals surface area contributed by atoms with Crippen LogP contribution in [0.25, 0.3) is 0 Å². The number of hydrogen-bond donors (Lipinski definition) is 1. The minimum absolute atomic E-state index is 0.0859. The van der Waals surface area contributed by atoms with Gasteiger partial charge in [-0.05, 0) is 26.9 Å². The molecule has 1 heterocycles. The van der Waals surface area contributed by atoms with Crippen LogP contribution in [0.5, 0.6) is 0 Å². The molecule has 1 atom stereocenters. The predicted octanol–water partition coefficient (Wildman–Crippen LogP) is 2.19. The van der Waals surface area contributed by atoms with E-state index in [4.69, 9.17) is 17.3 Å². The van der Waals surface area contributed by atoms with Gasteiger partial charge >= 0.3 is 0 Å². The number of aryl methyl sites for hydroxylation is 1. The Labute approximate surface area is 109 Å². The topological polar surface area (TPSA) is 47.1 Å². The Hall–Kier alpha value is -0.580. The summed E-state index contributed by atoms with van der Waals surface area (Å²) in [6.07, 6.45) is 3.60. The second-order valence-electron chi connectivity index (χ2n) is 4.68. The molecule has 4 nitrogen and oxygen atoms in total. The molecule has 2 N–H and O–H groups in total. The van der Waals surface area contributed by atoms with Gasteiger partial charge in [0.2, 0.25) is 0 Å². The van der Waals surface area contributed by atoms with Gasteiger partial charge in [0, 0.05) is 12.6 Å². The third kappa shape index (κ3) is 2.34. The van der Waals surface area contributed by atoms with E-state index < -0.39 is 0 Å². The molecule has 98 valence electrons. The first-order valence-corrected chi connectivity index (χ1v) is 6.38. The van der Waals surface area contributed by atoms with Crippen molar-refractivity contribution in [1.82, 2.24) is 14.7 Å². The molecule has 0 aromatic carbocycles. The van der Waals surface area contributed by atoms with Crippen LogP contribution in [0.3, 0.4) is 0 Å². The molecule has 0 amide bonds. The van der Waals surface area contributed by atoms with Crippen LogP contribution in [0.2, 0.25) is 5.02 Å². The average molecular weight is 259 g/mol. The van der Waals surface area contributed by atoms with Gasteiger partial charge in [0.05, 0.1) is 23.0 Å². The Morgan fingerprint density at radius 2 is 2.00 bits per heavy atom. The Balaban J connectivity index is 3.21. The second-order valence-corrected chi connectivity index (χ2v) is 5.09. The summed E-state index contributed by atoms with van der Waals surface area (Å²) in [5.41, 5.74) is 7.28. The summed E-state index contributed by atoms with van der Waals surface area (Å²) in [5.74, 6) is 0. The largest absolute Gasteiger partial charge is 0.321 e. The van der Waals surface area contributed by atoms with Crippen molar-refractivity contribution in [2.24, 2.45) is 12.8 Å². The summed E-state index contributed by atoms with van der Waals surface area (Å²) in [4.78, 5) is 2.20. The van der Waals surface area contributed by atoms with Gasteiger partial charge in [0.15, 0.2) is 0 Å². The van der Waals surface area contributed by atoms with E-state index in [1.165, 1.54) is 0 Å². The lowest BCUT2D eigenvalue weighted by atomic mass is 9.82. The molecule has 0 fully saturated rings. The van der Waals surface area contributed by atoms with Gasteiger partial charge in [-0.1, -0.05) is 25.4 Å². The first kappa shape index (κ1) is 14.5. The monoisotopic (exact) mass is 258 g/mol. The molecule has 0 bridgehead atoms. The molecule has 5 heteroatoms. The van der Waals surface area contributed by atoms with E-state index in [1.807, 2.05) is 7.05 Å². The molecule has 0 radical (unpaired) electrons. The Kier molecular flexibility index (Phi) is 4.58. The fraction of sp³-hybridized carbons (Fsp3) is 0.750. The highest BCUT2D eigenvalue weighted by Gasteiger charge is 2.38. The van der Waals surface area contributed by atoms with Crippen LogP contribution >= 0.6 is 11.6 Å². The summed E-state index contributed by atoms with van der Waals surface area (Å²) in [5, 5.41) is 4.81. The molecule has 0 saturated heterocycles. The van der Waals surface area contributed by atoms with Crippen molar-refractivity contribution in [3.05, 3.63) is 16.9 Å². The van der Waals surface area contributed by atoms with Gasteiger partial charge in [0.25, 0.3) is 0 Å². The fourth-order valence-corrected chi connectivity index (χ4v) is 2.91. The number of hydrogen-bond acceptors (Lipinski definition) is 3. The van der Waals surface area contributed by atoms with Crippen LogP contribution in [0.4, 0.5) is 0 Å². The van der Waals surface area contributed by atoms with E-state index in [9.17, 15) is 0 Å².